The number of nitrogens with zero attached hydrogens (tertiary/aromatic N) is 4. The zero-order valence-electron chi connectivity index (χ0n) is 14.7. The largest absolute Gasteiger partial charge is 0.378 e. The van der Waals surface area contributed by atoms with E-state index in [9.17, 15) is 9.18 Å². The average Bonchev–Trinajstić information content (AvgIpc) is 3.03. The molecule has 0 amide bonds. The quantitative estimate of drug-likeness (QED) is 0.506. The number of ether oxygens (including phenoxy) is 1. The summed E-state index contributed by atoms with van der Waals surface area (Å²) in [4.78, 5) is 17.1. The standard InChI is InChI=1S/C18H15FN6O2S/c1-27-9-13-15(10-2-4-11(19)5-3-10)16-21-8-12-14(25(16)22-13)6-7-24(17(12)26)23-18(20)28/h2-8H,9H2,1H3,(H3,20,23,28). The highest BCUT2D eigenvalue weighted by Crippen LogP contribution is 2.29. The van der Waals surface area contributed by atoms with Crippen molar-refractivity contribution in [3.8, 4) is 11.1 Å². The monoisotopic (exact) mass is 398 g/mol. The van der Waals surface area contributed by atoms with Gasteiger partial charge in [-0.3, -0.25) is 10.2 Å². The molecular formula is C18H15FN6O2S. The maximum atomic E-state index is 13.3. The Morgan fingerprint density at radius 2 is 2.07 bits per heavy atom. The Kier molecular flexibility index (Phi) is 4.49. The summed E-state index contributed by atoms with van der Waals surface area (Å²) in [5.41, 5.74) is 10.8. The second-order valence-electron chi connectivity index (χ2n) is 6.02. The highest BCUT2D eigenvalue weighted by molar-refractivity contribution is 7.80. The highest BCUT2D eigenvalue weighted by atomic mass is 32.1. The Morgan fingerprint density at radius 3 is 2.75 bits per heavy atom. The molecule has 0 spiro atoms. The van der Waals surface area contributed by atoms with Crippen molar-refractivity contribution in [2.24, 2.45) is 5.73 Å². The fourth-order valence-electron chi connectivity index (χ4n) is 3.07. The molecule has 0 aliphatic heterocycles. The summed E-state index contributed by atoms with van der Waals surface area (Å²) >= 11 is 4.78. The van der Waals surface area contributed by atoms with Gasteiger partial charge in [0.15, 0.2) is 10.8 Å². The molecular weight excluding hydrogens is 383 g/mol. The van der Waals surface area contributed by atoms with Gasteiger partial charge in [0, 0.05) is 19.5 Å². The van der Waals surface area contributed by atoms with E-state index in [4.69, 9.17) is 22.7 Å². The van der Waals surface area contributed by atoms with Crippen LogP contribution in [0.2, 0.25) is 0 Å². The van der Waals surface area contributed by atoms with E-state index in [2.05, 4.69) is 15.5 Å². The van der Waals surface area contributed by atoms with Crippen LogP contribution < -0.4 is 16.7 Å². The molecule has 0 fully saturated rings. The molecule has 3 heterocycles. The van der Waals surface area contributed by atoms with E-state index >= 15 is 0 Å². The summed E-state index contributed by atoms with van der Waals surface area (Å²) < 4.78 is 21.4. The minimum absolute atomic E-state index is 0.0319. The predicted octanol–water partition coefficient (Wildman–Crippen LogP) is 1.78. The molecule has 1 aromatic carbocycles. The molecule has 3 N–H and O–H groups in total. The summed E-state index contributed by atoms with van der Waals surface area (Å²) in [5.74, 6) is -0.335. The van der Waals surface area contributed by atoms with Gasteiger partial charge in [-0.05, 0) is 36.0 Å². The van der Waals surface area contributed by atoms with Gasteiger partial charge in [-0.2, -0.15) is 5.10 Å². The molecule has 0 aliphatic rings. The second-order valence-corrected chi connectivity index (χ2v) is 6.46. The summed E-state index contributed by atoms with van der Waals surface area (Å²) in [6, 6.07) is 7.75. The molecule has 0 aliphatic carbocycles. The molecule has 0 radical (unpaired) electrons. The van der Waals surface area contributed by atoms with E-state index in [0.717, 1.165) is 5.56 Å². The predicted molar refractivity (Wildman–Crippen MR) is 107 cm³/mol. The molecule has 3 aromatic heterocycles. The summed E-state index contributed by atoms with van der Waals surface area (Å²) in [6.07, 6.45) is 2.98. The number of methoxy groups -OCH3 is 1. The third kappa shape index (κ3) is 2.98. The number of thiocarbonyl (C=S) groups is 1. The van der Waals surface area contributed by atoms with Crippen molar-refractivity contribution < 1.29 is 9.13 Å². The van der Waals surface area contributed by atoms with Crippen molar-refractivity contribution in [2.45, 2.75) is 6.61 Å². The van der Waals surface area contributed by atoms with Crippen molar-refractivity contribution in [1.29, 1.82) is 0 Å². The number of halogens is 1. The number of fused-ring (bicyclic) bond motifs is 3. The Balaban J connectivity index is 2.00. The molecule has 0 unspecified atom stereocenters. The van der Waals surface area contributed by atoms with Crippen molar-refractivity contribution in [3.05, 3.63) is 64.6 Å². The van der Waals surface area contributed by atoms with E-state index in [1.54, 1.807) is 29.8 Å². The van der Waals surface area contributed by atoms with E-state index in [0.29, 0.717) is 27.8 Å². The zero-order chi connectivity index (χ0) is 19.8. The zero-order valence-corrected chi connectivity index (χ0v) is 15.5. The first-order chi connectivity index (χ1) is 13.5. The Hall–Kier alpha value is -3.37. The van der Waals surface area contributed by atoms with Gasteiger partial charge in [-0.25, -0.2) is 18.6 Å². The SMILES string of the molecule is COCc1nn2c(ncc3c(=O)n(NC(N)=S)ccc32)c1-c1ccc(F)cc1. The third-order valence-electron chi connectivity index (χ3n) is 4.23. The van der Waals surface area contributed by atoms with Crippen LogP contribution in [0.4, 0.5) is 4.39 Å². The van der Waals surface area contributed by atoms with E-state index in [1.165, 1.54) is 29.2 Å². The maximum Gasteiger partial charge on any atom is 0.280 e. The lowest BCUT2D eigenvalue weighted by Crippen LogP contribution is -2.35. The number of hydrogen-bond donors (Lipinski definition) is 2. The maximum absolute atomic E-state index is 13.3. The molecule has 4 aromatic rings. The molecule has 0 atom stereocenters. The average molecular weight is 398 g/mol. The number of aromatic nitrogens is 4. The Morgan fingerprint density at radius 1 is 1.32 bits per heavy atom. The van der Waals surface area contributed by atoms with Crippen LogP contribution in [-0.2, 0) is 11.3 Å². The van der Waals surface area contributed by atoms with Gasteiger partial charge in [0.1, 0.15) is 5.82 Å². The molecule has 0 bridgehead atoms. The third-order valence-corrected chi connectivity index (χ3v) is 4.32. The van der Waals surface area contributed by atoms with Crippen molar-refractivity contribution in [2.75, 3.05) is 12.5 Å². The molecule has 28 heavy (non-hydrogen) atoms. The van der Waals surface area contributed by atoms with Crippen LogP contribution in [0.25, 0.3) is 27.7 Å². The molecule has 10 heteroatoms. The lowest BCUT2D eigenvalue weighted by atomic mass is 10.1. The lowest BCUT2D eigenvalue weighted by Gasteiger charge is -2.08. The number of rotatable bonds is 4. The first kappa shape index (κ1) is 18.0. The Bertz CT molecular complexity index is 1270. The van der Waals surface area contributed by atoms with E-state index in [-0.39, 0.29) is 23.1 Å². The molecule has 0 saturated heterocycles. The minimum Gasteiger partial charge on any atom is -0.378 e. The lowest BCUT2D eigenvalue weighted by molar-refractivity contribution is 0.181. The summed E-state index contributed by atoms with van der Waals surface area (Å²) in [5, 5.41) is 4.88. The fraction of sp³-hybridized carbons (Fsp3) is 0.111. The molecule has 4 rings (SSSR count). The normalized spacial score (nSPS) is 11.2. The summed E-state index contributed by atoms with van der Waals surface area (Å²) in [7, 11) is 1.56. The van der Waals surface area contributed by atoms with Crippen LogP contribution in [-0.4, -0.2) is 31.5 Å². The van der Waals surface area contributed by atoms with Crippen molar-refractivity contribution >= 4 is 33.9 Å². The van der Waals surface area contributed by atoms with Crippen LogP contribution >= 0.6 is 12.2 Å². The van der Waals surface area contributed by atoms with Crippen LogP contribution in [0.3, 0.4) is 0 Å². The van der Waals surface area contributed by atoms with Gasteiger partial charge >= 0.3 is 0 Å². The molecule has 0 saturated carbocycles. The second kappa shape index (κ2) is 6.98. The molecule has 142 valence electrons. The first-order valence-corrected chi connectivity index (χ1v) is 8.63. The number of pyridine rings is 1. The van der Waals surface area contributed by atoms with Crippen LogP contribution in [0.1, 0.15) is 5.69 Å². The van der Waals surface area contributed by atoms with Crippen LogP contribution in [0, 0.1) is 5.82 Å². The fourth-order valence-corrected chi connectivity index (χ4v) is 3.17. The van der Waals surface area contributed by atoms with Crippen molar-refractivity contribution in [1.82, 2.24) is 19.3 Å². The number of nitrogens with one attached hydrogen (secondary N) is 1. The number of nitrogens with two attached hydrogens (primary N) is 1. The first-order valence-electron chi connectivity index (χ1n) is 8.23. The van der Waals surface area contributed by atoms with Crippen LogP contribution in [0.15, 0.2) is 47.5 Å². The van der Waals surface area contributed by atoms with Gasteiger partial charge in [-0.15, -0.1) is 0 Å². The number of hydrogen-bond acceptors (Lipinski definition) is 5. The Labute approximate surface area is 163 Å². The van der Waals surface area contributed by atoms with Gasteiger partial charge in [0.05, 0.1) is 28.8 Å². The summed E-state index contributed by atoms with van der Waals surface area (Å²) in [6.45, 7) is 0.234. The molecule has 8 nitrogen and oxygen atoms in total. The van der Waals surface area contributed by atoms with E-state index < -0.39 is 0 Å². The smallest absolute Gasteiger partial charge is 0.280 e. The van der Waals surface area contributed by atoms with Gasteiger partial charge in [0.2, 0.25) is 0 Å². The van der Waals surface area contributed by atoms with Gasteiger partial charge in [0.25, 0.3) is 5.56 Å². The van der Waals surface area contributed by atoms with Gasteiger partial charge in [-0.1, -0.05) is 12.1 Å². The van der Waals surface area contributed by atoms with E-state index in [1.807, 2.05) is 0 Å². The van der Waals surface area contributed by atoms with Gasteiger partial charge < -0.3 is 10.5 Å². The topological polar surface area (TPSA) is 99.5 Å². The number of benzene rings is 1. The van der Waals surface area contributed by atoms with Crippen molar-refractivity contribution in [3.63, 3.8) is 0 Å². The highest BCUT2D eigenvalue weighted by Gasteiger charge is 2.18. The minimum atomic E-state index is -0.369. The van der Waals surface area contributed by atoms with Crippen LogP contribution in [0.5, 0.6) is 0 Å².